The van der Waals surface area contributed by atoms with E-state index < -0.39 is 0 Å². The van der Waals surface area contributed by atoms with E-state index in [1.54, 1.807) is 11.8 Å². The summed E-state index contributed by atoms with van der Waals surface area (Å²) < 4.78 is 0.370. The van der Waals surface area contributed by atoms with Gasteiger partial charge in [0.05, 0.1) is 0 Å². The molecule has 0 aliphatic rings. The van der Waals surface area contributed by atoms with Crippen molar-refractivity contribution in [1.29, 1.82) is 0 Å². The number of phenols is 1. The molecule has 0 saturated heterocycles. The van der Waals surface area contributed by atoms with Crippen LogP contribution < -0.4 is 0 Å². The second kappa shape index (κ2) is 7.32. The maximum absolute atomic E-state index is 10.6. The van der Waals surface area contributed by atoms with E-state index in [0.29, 0.717) is 11.0 Å². The first kappa shape index (κ1) is 18.8. The Bertz CT molecular complexity index is 455. The standard InChI is InChI=1S/C18H30OS2/c1-8-14(20-17(2,3)4)12-13-10-9-11-15(16(13)19)21-18(5,6)7/h9-11,14,19H,8,12H2,1-7H3. The highest BCUT2D eigenvalue weighted by Gasteiger charge is 2.21. The van der Waals surface area contributed by atoms with Gasteiger partial charge in [-0.1, -0.05) is 60.6 Å². The summed E-state index contributed by atoms with van der Waals surface area (Å²) in [6.45, 7) is 15.5. The molecule has 0 bridgehead atoms. The average molecular weight is 327 g/mol. The van der Waals surface area contributed by atoms with Gasteiger partial charge in [0.25, 0.3) is 0 Å². The maximum Gasteiger partial charge on any atom is 0.132 e. The number of benzene rings is 1. The fourth-order valence-corrected chi connectivity index (χ4v) is 4.62. The number of para-hydroxylation sites is 1. The Morgan fingerprint density at radius 1 is 1.05 bits per heavy atom. The zero-order chi connectivity index (χ0) is 16.3. The van der Waals surface area contributed by atoms with Gasteiger partial charge in [-0.2, -0.15) is 11.8 Å². The molecule has 0 amide bonds. The number of hydrogen-bond donors (Lipinski definition) is 1. The fourth-order valence-electron chi connectivity index (χ4n) is 2.16. The molecule has 0 fully saturated rings. The zero-order valence-electron chi connectivity index (χ0n) is 14.5. The Hall–Kier alpha value is -0.280. The molecule has 1 N–H and O–H groups in total. The molecule has 0 aliphatic carbocycles. The Morgan fingerprint density at radius 3 is 2.14 bits per heavy atom. The normalized spacial score (nSPS) is 14.2. The Kier molecular flexibility index (Phi) is 6.54. The highest BCUT2D eigenvalue weighted by Crippen LogP contribution is 2.40. The molecule has 0 saturated carbocycles. The summed E-state index contributed by atoms with van der Waals surface area (Å²) in [6, 6.07) is 6.15. The lowest BCUT2D eigenvalue weighted by Gasteiger charge is -2.26. The minimum Gasteiger partial charge on any atom is -0.506 e. The molecule has 0 aromatic heterocycles. The zero-order valence-corrected chi connectivity index (χ0v) is 16.1. The SMILES string of the molecule is CCC(Cc1cccc(SC(C)(C)C)c1O)SC(C)(C)C. The molecule has 1 unspecified atom stereocenters. The van der Waals surface area contributed by atoms with E-state index in [2.05, 4.69) is 60.6 Å². The van der Waals surface area contributed by atoms with E-state index in [1.807, 2.05) is 17.8 Å². The van der Waals surface area contributed by atoms with Gasteiger partial charge in [0.15, 0.2) is 0 Å². The number of aromatic hydroxyl groups is 1. The summed E-state index contributed by atoms with van der Waals surface area (Å²) in [5.74, 6) is 0.477. The van der Waals surface area contributed by atoms with Crippen molar-refractivity contribution in [3.05, 3.63) is 23.8 Å². The van der Waals surface area contributed by atoms with E-state index in [4.69, 9.17) is 0 Å². The van der Waals surface area contributed by atoms with Crippen LogP contribution in [0.5, 0.6) is 5.75 Å². The highest BCUT2D eigenvalue weighted by atomic mass is 32.2. The number of hydrogen-bond acceptors (Lipinski definition) is 3. The number of phenolic OH excluding ortho intramolecular Hbond substituents is 1. The summed E-state index contributed by atoms with van der Waals surface area (Å²) in [6.07, 6.45) is 2.06. The van der Waals surface area contributed by atoms with Crippen molar-refractivity contribution in [3.63, 3.8) is 0 Å². The molecule has 0 spiro atoms. The molecule has 3 heteroatoms. The molecule has 0 heterocycles. The van der Waals surface area contributed by atoms with Gasteiger partial charge in [-0.15, -0.1) is 11.8 Å². The maximum atomic E-state index is 10.6. The van der Waals surface area contributed by atoms with Gasteiger partial charge in [-0.05, 0) is 24.5 Å². The van der Waals surface area contributed by atoms with E-state index in [0.717, 1.165) is 23.3 Å². The Balaban J connectivity index is 2.90. The fraction of sp³-hybridized carbons (Fsp3) is 0.667. The first-order chi connectivity index (χ1) is 9.52. The lowest BCUT2D eigenvalue weighted by molar-refractivity contribution is 0.454. The van der Waals surface area contributed by atoms with Gasteiger partial charge >= 0.3 is 0 Å². The lowest BCUT2D eigenvalue weighted by Crippen LogP contribution is -2.17. The minimum atomic E-state index is 0.112. The van der Waals surface area contributed by atoms with Crippen LogP contribution in [0.15, 0.2) is 23.1 Å². The van der Waals surface area contributed by atoms with Crippen LogP contribution in [-0.2, 0) is 6.42 Å². The molecule has 1 nitrogen and oxygen atoms in total. The Morgan fingerprint density at radius 2 is 1.67 bits per heavy atom. The molecule has 1 aromatic rings. The monoisotopic (exact) mass is 326 g/mol. The summed E-state index contributed by atoms with van der Waals surface area (Å²) in [5.41, 5.74) is 1.08. The van der Waals surface area contributed by atoms with Gasteiger partial charge in [0, 0.05) is 19.6 Å². The smallest absolute Gasteiger partial charge is 0.132 e. The molecule has 120 valence electrons. The van der Waals surface area contributed by atoms with Gasteiger partial charge < -0.3 is 5.11 Å². The van der Waals surface area contributed by atoms with E-state index >= 15 is 0 Å². The summed E-state index contributed by atoms with van der Waals surface area (Å²) in [7, 11) is 0. The molecule has 21 heavy (non-hydrogen) atoms. The van der Waals surface area contributed by atoms with Crippen LogP contribution in [0.1, 0.15) is 60.5 Å². The van der Waals surface area contributed by atoms with E-state index in [-0.39, 0.29) is 9.49 Å². The van der Waals surface area contributed by atoms with Gasteiger partial charge in [-0.25, -0.2) is 0 Å². The van der Waals surface area contributed by atoms with Crippen molar-refractivity contribution >= 4 is 23.5 Å². The van der Waals surface area contributed by atoms with Crippen LogP contribution in [0.25, 0.3) is 0 Å². The summed E-state index contributed by atoms with van der Waals surface area (Å²) in [5, 5.41) is 11.1. The number of thioether (sulfide) groups is 2. The molecule has 0 radical (unpaired) electrons. The third kappa shape index (κ3) is 7.01. The van der Waals surface area contributed by atoms with Crippen molar-refractivity contribution in [3.8, 4) is 5.75 Å². The van der Waals surface area contributed by atoms with Crippen LogP contribution in [0.3, 0.4) is 0 Å². The van der Waals surface area contributed by atoms with Crippen LogP contribution in [-0.4, -0.2) is 19.9 Å². The number of rotatable bonds is 5. The van der Waals surface area contributed by atoms with Crippen LogP contribution in [0.2, 0.25) is 0 Å². The van der Waals surface area contributed by atoms with Crippen molar-refractivity contribution in [2.24, 2.45) is 0 Å². The third-order valence-corrected chi connectivity index (χ3v) is 5.62. The molecular weight excluding hydrogens is 296 g/mol. The molecule has 1 rings (SSSR count). The van der Waals surface area contributed by atoms with E-state index in [9.17, 15) is 5.11 Å². The molecule has 0 aliphatic heterocycles. The largest absolute Gasteiger partial charge is 0.506 e. The predicted molar refractivity (Wildman–Crippen MR) is 98.8 cm³/mol. The van der Waals surface area contributed by atoms with Crippen molar-refractivity contribution in [2.45, 2.75) is 80.9 Å². The van der Waals surface area contributed by atoms with Crippen molar-refractivity contribution < 1.29 is 5.11 Å². The minimum absolute atomic E-state index is 0.112. The van der Waals surface area contributed by atoms with Crippen LogP contribution >= 0.6 is 23.5 Å². The third-order valence-electron chi connectivity index (χ3n) is 2.92. The molecule has 1 atom stereocenters. The Labute approximate surface area is 139 Å². The van der Waals surface area contributed by atoms with Crippen molar-refractivity contribution in [1.82, 2.24) is 0 Å². The van der Waals surface area contributed by atoms with Crippen LogP contribution in [0.4, 0.5) is 0 Å². The van der Waals surface area contributed by atoms with Crippen molar-refractivity contribution in [2.75, 3.05) is 0 Å². The van der Waals surface area contributed by atoms with E-state index in [1.165, 1.54) is 0 Å². The van der Waals surface area contributed by atoms with Crippen LogP contribution in [0, 0.1) is 0 Å². The van der Waals surface area contributed by atoms with Gasteiger partial charge in [0.1, 0.15) is 5.75 Å². The highest BCUT2D eigenvalue weighted by molar-refractivity contribution is 8.01. The second-order valence-corrected chi connectivity index (χ2v) is 11.4. The topological polar surface area (TPSA) is 20.2 Å². The second-order valence-electron chi connectivity index (χ2n) is 7.44. The average Bonchev–Trinajstić information content (AvgIpc) is 2.30. The molecule has 1 aromatic carbocycles. The lowest BCUT2D eigenvalue weighted by atomic mass is 10.1. The van der Waals surface area contributed by atoms with Gasteiger partial charge in [0.2, 0.25) is 0 Å². The molecular formula is C18H30OS2. The quantitative estimate of drug-likeness (QED) is 0.657. The summed E-state index contributed by atoms with van der Waals surface area (Å²) >= 11 is 3.74. The van der Waals surface area contributed by atoms with Gasteiger partial charge in [-0.3, -0.25) is 0 Å². The first-order valence-corrected chi connectivity index (χ1v) is 9.39. The predicted octanol–water partition coefficient (Wildman–Crippen LogP) is 6.14. The summed E-state index contributed by atoms with van der Waals surface area (Å²) in [4.78, 5) is 0.996. The first-order valence-electron chi connectivity index (χ1n) is 7.69.